The molecule has 0 aromatic heterocycles. The quantitative estimate of drug-likeness (QED) is 0.487. The van der Waals surface area contributed by atoms with Gasteiger partial charge in [0, 0.05) is 29.8 Å². The summed E-state index contributed by atoms with van der Waals surface area (Å²) in [5.41, 5.74) is 1.27. The van der Waals surface area contributed by atoms with Crippen LogP contribution in [0.5, 0.6) is 0 Å². The molecule has 6 heteroatoms. The summed E-state index contributed by atoms with van der Waals surface area (Å²) < 4.78 is 0. The van der Waals surface area contributed by atoms with E-state index >= 15 is 0 Å². The second kappa shape index (κ2) is 8.10. The Labute approximate surface area is 153 Å². The predicted molar refractivity (Wildman–Crippen MR) is 102 cm³/mol. The maximum absolute atomic E-state index is 12.6. The molecule has 0 amide bonds. The number of nitro groups is 1. The largest absolute Gasteiger partial charge is 0.375 e. The summed E-state index contributed by atoms with van der Waals surface area (Å²) in [7, 11) is 0. The molecule has 1 aliphatic rings. The molecule has 0 aliphatic carbocycles. The third-order valence-electron chi connectivity index (χ3n) is 4.80. The van der Waals surface area contributed by atoms with E-state index in [1.807, 2.05) is 6.07 Å². The van der Waals surface area contributed by atoms with Gasteiger partial charge in [0.25, 0.3) is 5.69 Å². The molecular formula is C20H23N3O3. The van der Waals surface area contributed by atoms with E-state index in [9.17, 15) is 14.9 Å². The van der Waals surface area contributed by atoms with Gasteiger partial charge in [-0.2, -0.15) is 0 Å². The summed E-state index contributed by atoms with van der Waals surface area (Å²) in [5, 5.41) is 14.8. The smallest absolute Gasteiger partial charge is 0.293 e. The van der Waals surface area contributed by atoms with E-state index in [1.165, 1.54) is 6.07 Å². The van der Waals surface area contributed by atoms with Gasteiger partial charge < -0.3 is 10.2 Å². The molecule has 1 unspecified atom stereocenters. The molecule has 6 nitrogen and oxygen atoms in total. The fourth-order valence-electron chi connectivity index (χ4n) is 3.38. The second-order valence-electron chi connectivity index (χ2n) is 6.56. The molecule has 3 rings (SSSR count). The topological polar surface area (TPSA) is 75.5 Å². The van der Waals surface area contributed by atoms with Gasteiger partial charge in [-0.05, 0) is 38.1 Å². The van der Waals surface area contributed by atoms with Crippen LogP contribution in [0.4, 0.5) is 11.4 Å². The van der Waals surface area contributed by atoms with Gasteiger partial charge in [-0.3, -0.25) is 14.9 Å². The Bertz CT molecular complexity index is 792. The first kappa shape index (κ1) is 18.1. The van der Waals surface area contributed by atoms with Crippen LogP contribution in [-0.4, -0.2) is 41.3 Å². The Morgan fingerprint density at radius 2 is 2.00 bits per heavy atom. The van der Waals surface area contributed by atoms with Crippen LogP contribution in [0.3, 0.4) is 0 Å². The summed E-state index contributed by atoms with van der Waals surface area (Å²) in [5.74, 6) is -0.213. The van der Waals surface area contributed by atoms with Crippen molar-refractivity contribution in [1.82, 2.24) is 4.90 Å². The molecule has 1 N–H and O–H groups in total. The number of likely N-dealkylation sites (N-methyl/N-ethyl adjacent to an activating group) is 1. The summed E-state index contributed by atoms with van der Waals surface area (Å²) in [6.07, 6.45) is 2.06. The minimum absolute atomic E-state index is 0.0552. The van der Waals surface area contributed by atoms with Crippen LogP contribution in [0.2, 0.25) is 0 Å². The number of hydrogen-bond acceptors (Lipinski definition) is 5. The molecular weight excluding hydrogens is 330 g/mol. The summed E-state index contributed by atoms with van der Waals surface area (Å²) >= 11 is 0. The van der Waals surface area contributed by atoms with Gasteiger partial charge in [0.1, 0.15) is 5.69 Å². The van der Waals surface area contributed by atoms with Crippen molar-refractivity contribution in [2.45, 2.75) is 25.8 Å². The normalized spacial score (nSPS) is 17.7. The lowest BCUT2D eigenvalue weighted by Gasteiger charge is -2.32. The Morgan fingerprint density at radius 1 is 1.23 bits per heavy atom. The highest BCUT2D eigenvalue weighted by Crippen LogP contribution is 2.28. The first-order chi connectivity index (χ1) is 12.6. The molecule has 26 heavy (non-hydrogen) atoms. The van der Waals surface area contributed by atoms with Gasteiger partial charge in [-0.1, -0.05) is 37.3 Å². The first-order valence-electron chi connectivity index (χ1n) is 8.95. The van der Waals surface area contributed by atoms with Crippen LogP contribution in [0, 0.1) is 10.1 Å². The highest BCUT2D eigenvalue weighted by molar-refractivity contribution is 6.09. The third kappa shape index (κ3) is 4.08. The van der Waals surface area contributed by atoms with E-state index < -0.39 is 4.92 Å². The Kier molecular flexibility index (Phi) is 5.63. The van der Waals surface area contributed by atoms with E-state index in [0.29, 0.717) is 16.8 Å². The number of likely N-dealkylation sites (tertiary alicyclic amines) is 1. The van der Waals surface area contributed by atoms with Gasteiger partial charge >= 0.3 is 0 Å². The molecule has 2 aromatic carbocycles. The number of hydrogen-bond donors (Lipinski definition) is 1. The lowest BCUT2D eigenvalue weighted by atomic mass is 10.0. The molecule has 1 fully saturated rings. The van der Waals surface area contributed by atoms with E-state index in [0.717, 1.165) is 32.5 Å². The standard InChI is InChI=1S/C20H23N3O3/c1-2-22-12-6-9-17(14-22)21-18-11-10-16(13-19(18)23(25)26)20(24)15-7-4-3-5-8-15/h3-5,7-8,10-11,13,17,21H,2,6,9,12,14H2,1H3. The number of piperidine rings is 1. The number of rotatable bonds is 6. The van der Waals surface area contributed by atoms with Crippen molar-refractivity contribution >= 4 is 17.2 Å². The van der Waals surface area contributed by atoms with E-state index in [1.54, 1.807) is 36.4 Å². The lowest BCUT2D eigenvalue weighted by Crippen LogP contribution is -2.41. The highest BCUT2D eigenvalue weighted by Gasteiger charge is 2.23. The van der Waals surface area contributed by atoms with E-state index in [2.05, 4.69) is 17.1 Å². The first-order valence-corrected chi connectivity index (χ1v) is 8.95. The minimum Gasteiger partial charge on any atom is -0.375 e. The molecule has 2 aromatic rings. The average molecular weight is 353 g/mol. The SMILES string of the molecule is CCN1CCCC(Nc2ccc(C(=O)c3ccccc3)cc2[N+](=O)[O-])C1. The number of carbonyl (C=O) groups excluding carboxylic acids is 1. The maximum Gasteiger partial charge on any atom is 0.293 e. The molecule has 1 heterocycles. The van der Waals surface area contributed by atoms with Gasteiger partial charge in [0.2, 0.25) is 0 Å². The van der Waals surface area contributed by atoms with Crippen molar-refractivity contribution in [3.05, 3.63) is 69.8 Å². The van der Waals surface area contributed by atoms with Crippen molar-refractivity contribution in [2.24, 2.45) is 0 Å². The number of nitrogens with zero attached hydrogens (tertiary/aromatic N) is 2. The zero-order valence-electron chi connectivity index (χ0n) is 14.9. The lowest BCUT2D eigenvalue weighted by molar-refractivity contribution is -0.384. The molecule has 0 bridgehead atoms. The molecule has 1 saturated heterocycles. The van der Waals surface area contributed by atoms with Crippen molar-refractivity contribution < 1.29 is 9.72 Å². The highest BCUT2D eigenvalue weighted by atomic mass is 16.6. The molecule has 1 atom stereocenters. The van der Waals surface area contributed by atoms with Crippen LogP contribution in [0.15, 0.2) is 48.5 Å². The fraction of sp³-hybridized carbons (Fsp3) is 0.350. The van der Waals surface area contributed by atoms with Crippen molar-refractivity contribution in [3.63, 3.8) is 0 Å². The maximum atomic E-state index is 12.6. The van der Waals surface area contributed by atoms with Crippen LogP contribution in [0.25, 0.3) is 0 Å². The van der Waals surface area contributed by atoms with Crippen molar-refractivity contribution in [3.8, 4) is 0 Å². The summed E-state index contributed by atoms with van der Waals surface area (Å²) in [6, 6.07) is 13.7. The van der Waals surface area contributed by atoms with Crippen LogP contribution in [-0.2, 0) is 0 Å². The summed E-state index contributed by atoms with van der Waals surface area (Å²) in [4.78, 5) is 26.0. The second-order valence-corrected chi connectivity index (χ2v) is 6.56. The average Bonchev–Trinajstić information content (AvgIpc) is 2.68. The van der Waals surface area contributed by atoms with Crippen LogP contribution in [0.1, 0.15) is 35.7 Å². The molecule has 136 valence electrons. The summed E-state index contributed by atoms with van der Waals surface area (Å²) in [6.45, 7) is 5.04. The van der Waals surface area contributed by atoms with E-state index in [-0.39, 0.29) is 17.5 Å². The van der Waals surface area contributed by atoms with Gasteiger partial charge in [-0.15, -0.1) is 0 Å². The zero-order valence-corrected chi connectivity index (χ0v) is 14.9. The van der Waals surface area contributed by atoms with Crippen LogP contribution >= 0.6 is 0 Å². The number of nitro benzene ring substituents is 1. The van der Waals surface area contributed by atoms with Crippen molar-refractivity contribution in [1.29, 1.82) is 0 Å². The van der Waals surface area contributed by atoms with Gasteiger partial charge in [0.05, 0.1) is 4.92 Å². The monoisotopic (exact) mass is 353 g/mol. The Balaban J connectivity index is 1.83. The van der Waals surface area contributed by atoms with Crippen LogP contribution < -0.4 is 5.32 Å². The number of nitrogens with one attached hydrogen (secondary N) is 1. The number of carbonyl (C=O) groups is 1. The van der Waals surface area contributed by atoms with Gasteiger partial charge in [0.15, 0.2) is 5.78 Å². The third-order valence-corrected chi connectivity index (χ3v) is 4.80. The Hall–Kier alpha value is -2.73. The molecule has 0 spiro atoms. The zero-order chi connectivity index (χ0) is 18.5. The van der Waals surface area contributed by atoms with E-state index in [4.69, 9.17) is 0 Å². The number of benzene rings is 2. The van der Waals surface area contributed by atoms with Gasteiger partial charge in [-0.25, -0.2) is 0 Å². The molecule has 1 aliphatic heterocycles. The van der Waals surface area contributed by atoms with Crippen molar-refractivity contribution in [2.75, 3.05) is 25.0 Å². The Morgan fingerprint density at radius 3 is 2.69 bits per heavy atom. The predicted octanol–water partition coefficient (Wildman–Crippen LogP) is 3.72. The number of ketones is 1. The molecule has 0 saturated carbocycles. The minimum atomic E-state index is -0.426. The number of anilines is 1. The fourth-order valence-corrected chi connectivity index (χ4v) is 3.38. The molecule has 0 radical (unpaired) electrons.